The molecule has 2 aromatic carbocycles. The van der Waals surface area contributed by atoms with Crippen molar-refractivity contribution in [2.24, 2.45) is 11.7 Å². The molecule has 36 heavy (non-hydrogen) atoms. The van der Waals surface area contributed by atoms with Gasteiger partial charge in [-0.2, -0.15) is 13.2 Å². The lowest BCUT2D eigenvalue weighted by molar-refractivity contribution is -0.138. The molecular weight excluding hydrogens is 515 g/mol. The first kappa shape index (κ1) is 28.4. The zero-order valence-electron chi connectivity index (χ0n) is 20.2. The minimum atomic E-state index is -4.68. The van der Waals surface area contributed by atoms with Crippen LogP contribution in [0.15, 0.2) is 41.3 Å². The van der Waals surface area contributed by atoms with Crippen molar-refractivity contribution in [3.05, 3.63) is 63.7 Å². The maximum Gasteiger partial charge on any atom is 0.416 e. The number of halogens is 4. The van der Waals surface area contributed by atoms with E-state index in [1.165, 1.54) is 37.3 Å². The molecule has 0 aliphatic carbocycles. The highest BCUT2D eigenvalue weighted by molar-refractivity contribution is 7.91. The maximum atomic E-state index is 14.1. The van der Waals surface area contributed by atoms with Crippen LogP contribution in [0.25, 0.3) is 0 Å². The van der Waals surface area contributed by atoms with E-state index in [1.807, 2.05) is 4.90 Å². The average molecular weight is 546 g/mol. The van der Waals surface area contributed by atoms with Crippen molar-refractivity contribution in [1.29, 1.82) is 0 Å². The van der Waals surface area contributed by atoms with Gasteiger partial charge in [-0.3, -0.25) is 9.69 Å². The maximum absolute atomic E-state index is 14.1. The summed E-state index contributed by atoms with van der Waals surface area (Å²) in [7, 11) is -3.59. The van der Waals surface area contributed by atoms with E-state index in [0.717, 1.165) is 18.9 Å². The predicted octanol–water partition coefficient (Wildman–Crippen LogP) is 4.81. The lowest BCUT2D eigenvalue weighted by Gasteiger charge is -2.38. The van der Waals surface area contributed by atoms with E-state index in [2.05, 4.69) is 12.2 Å². The first-order valence-electron chi connectivity index (χ1n) is 11.8. The lowest BCUT2D eigenvalue weighted by Crippen LogP contribution is -2.41. The normalized spacial score (nSPS) is 18.1. The molecule has 0 saturated carbocycles. The number of rotatable bonds is 8. The van der Waals surface area contributed by atoms with Gasteiger partial charge in [-0.05, 0) is 66.8 Å². The molecule has 6 nitrogen and oxygen atoms in total. The average Bonchev–Trinajstić information content (AvgIpc) is 2.82. The van der Waals surface area contributed by atoms with Crippen LogP contribution in [0.4, 0.5) is 13.2 Å². The third kappa shape index (κ3) is 6.59. The van der Waals surface area contributed by atoms with Crippen LogP contribution < -0.4 is 11.1 Å². The van der Waals surface area contributed by atoms with Crippen LogP contribution >= 0.6 is 11.6 Å². The first-order valence-corrected chi connectivity index (χ1v) is 13.8. The number of sulfone groups is 1. The number of nitrogens with two attached hydrogens (primary N) is 1. The van der Waals surface area contributed by atoms with Gasteiger partial charge in [-0.1, -0.05) is 31.5 Å². The Labute approximate surface area is 214 Å². The summed E-state index contributed by atoms with van der Waals surface area (Å²) in [6.07, 6.45) is -2.78. The van der Waals surface area contributed by atoms with E-state index >= 15 is 0 Å². The summed E-state index contributed by atoms with van der Waals surface area (Å²) < 4.78 is 67.0. The van der Waals surface area contributed by atoms with Crippen LogP contribution in [-0.4, -0.2) is 44.6 Å². The molecule has 11 heteroatoms. The quantitative estimate of drug-likeness (QED) is 0.496. The molecule has 2 atom stereocenters. The van der Waals surface area contributed by atoms with Gasteiger partial charge >= 0.3 is 6.18 Å². The molecular formula is C25H31ClF3N3O3S. The summed E-state index contributed by atoms with van der Waals surface area (Å²) in [5, 5.41) is 2.80. The number of amides is 1. The molecule has 2 unspecified atom stereocenters. The van der Waals surface area contributed by atoms with Crippen molar-refractivity contribution >= 4 is 27.3 Å². The van der Waals surface area contributed by atoms with E-state index < -0.39 is 33.5 Å². The molecule has 1 fully saturated rings. The van der Waals surface area contributed by atoms with Crippen LogP contribution in [0.5, 0.6) is 0 Å². The molecule has 1 saturated heterocycles. The first-order chi connectivity index (χ1) is 16.9. The van der Waals surface area contributed by atoms with Crippen molar-refractivity contribution in [2.45, 2.75) is 50.3 Å². The molecule has 3 rings (SSSR count). The Hall–Kier alpha value is -2.14. The second-order valence-electron chi connectivity index (χ2n) is 9.13. The molecule has 1 heterocycles. The van der Waals surface area contributed by atoms with E-state index in [0.29, 0.717) is 19.0 Å². The summed E-state index contributed by atoms with van der Waals surface area (Å²) in [6.45, 7) is 4.68. The molecule has 0 aromatic heterocycles. The highest BCUT2D eigenvalue weighted by Crippen LogP contribution is 2.38. The van der Waals surface area contributed by atoms with Crippen molar-refractivity contribution in [2.75, 3.05) is 25.4 Å². The van der Waals surface area contributed by atoms with Gasteiger partial charge in [0.1, 0.15) is 0 Å². The number of hydrogen-bond acceptors (Lipinski definition) is 5. The SMILES string of the molecule is CCS(=O)(=O)c1ccc(Cl)cc1CNC(=O)c1ccc(C(CN)N2CCCC(C)C2)c(C(F)(F)F)c1. The van der Waals surface area contributed by atoms with Gasteiger partial charge in [0.25, 0.3) is 5.91 Å². The molecule has 2 aromatic rings. The fourth-order valence-corrected chi connectivity index (χ4v) is 5.95. The third-order valence-corrected chi connectivity index (χ3v) is 8.57. The van der Waals surface area contributed by atoms with E-state index in [4.69, 9.17) is 17.3 Å². The molecule has 0 radical (unpaired) electrons. The second kappa shape index (κ2) is 11.5. The number of benzene rings is 2. The standard InChI is InChI=1S/C25H31ClF3N3O3S/c1-3-36(34,35)23-9-7-19(26)11-18(23)14-31-24(33)17-6-8-20(21(12-17)25(27,28)29)22(13-30)32-10-4-5-16(2)15-32/h6-9,11-12,16,22H,3-5,10,13-15,30H2,1-2H3,(H,31,33). The Morgan fingerprint density at radius 1 is 1.25 bits per heavy atom. The Bertz CT molecular complexity index is 1200. The topological polar surface area (TPSA) is 92.5 Å². The zero-order chi connectivity index (χ0) is 26.7. The van der Waals surface area contributed by atoms with Crippen LogP contribution in [0, 0.1) is 5.92 Å². The van der Waals surface area contributed by atoms with Crippen LogP contribution in [0.2, 0.25) is 5.02 Å². The Kier molecular flexibility index (Phi) is 9.08. The van der Waals surface area contributed by atoms with Crippen molar-refractivity contribution in [3.8, 4) is 0 Å². The smallest absolute Gasteiger partial charge is 0.348 e. The molecule has 1 amide bonds. The van der Waals surface area contributed by atoms with Crippen molar-refractivity contribution < 1.29 is 26.4 Å². The van der Waals surface area contributed by atoms with Crippen LogP contribution in [0.1, 0.15) is 59.8 Å². The highest BCUT2D eigenvalue weighted by Gasteiger charge is 2.37. The molecule has 3 N–H and O–H groups in total. The van der Waals surface area contributed by atoms with E-state index in [-0.39, 0.29) is 45.5 Å². The van der Waals surface area contributed by atoms with Gasteiger partial charge in [-0.25, -0.2) is 8.42 Å². The zero-order valence-corrected chi connectivity index (χ0v) is 21.8. The third-order valence-electron chi connectivity index (χ3n) is 6.51. The van der Waals surface area contributed by atoms with Gasteiger partial charge in [-0.15, -0.1) is 0 Å². The van der Waals surface area contributed by atoms with Crippen molar-refractivity contribution in [3.63, 3.8) is 0 Å². The molecule has 1 aliphatic heterocycles. The number of alkyl halides is 3. The van der Waals surface area contributed by atoms with Gasteiger partial charge in [0.2, 0.25) is 0 Å². The van der Waals surface area contributed by atoms with Gasteiger partial charge in [0, 0.05) is 36.3 Å². The van der Waals surface area contributed by atoms with E-state index in [1.54, 1.807) is 0 Å². The van der Waals surface area contributed by atoms with Crippen LogP contribution in [0.3, 0.4) is 0 Å². The minimum Gasteiger partial charge on any atom is -0.348 e. The van der Waals surface area contributed by atoms with Gasteiger partial charge < -0.3 is 11.1 Å². The number of piperidine rings is 1. The molecule has 1 aliphatic rings. The Balaban J connectivity index is 1.89. The number of likely N-dealkylation sites (tertiary alicyclic amines) is 1. The summed E-state index contributed by atoms with van der Waals surface area (Å²) >= 11 is 6.00. The highest BCUT2D eigenvalue weighted by atomic mass is 35.5. The largest absolute Gasteiger partial charge is 0.416 e. The van der Waals surface area contributed by atoms with Gasteiger partial charge in [0.05, 0.1) is 16.2 Å². The Morgan fingerprint density at radius 3 is 2.58 bits per heavy atom. The summed E-state index contributed by atoms with van der Waals surface area (Å²) in [6, 6.07) is 7.09. The number of nitrogens with one attached hydrogen (secondary N) is 1. The van der Waals surface area contributed by atoms with Crippen molar-refractivity contribution in [1.82, 2.24) is 10.2 Å². The molecule has 0 spiro atoms. The molecule has 198 valence electrons. The minimum absolute atomic E-state index is 0.0163. The number of carbonyl (C=O) groups excluding carboxylic acids is 1. The summed E-state index contributed by atoms with van der Waals surface area (Å²) in [5.74, 6) is -0.549. The fourth-order valence-electron chi connectivity index (χ4n) is 4.64. The second-order valence-corrected chi connectivity index (χ2v) is 11.8. The number of hydrogen-bond donors (Lipinski definition) is 2. The fraction of sp³-hybridized carbons (Fsp3) is 0.480. The predicted molar refractivity (Wildman–Crippen MR) is 134 cm³/mol. The molecule has 0 bridgehead atoms. The van der Waals surface area contributed by atoms with Crippen LogP contribution in [-0.2, 0) is 22.6 Å². The van der Waals surface area contributed by atoms with Gasteiger partial charge in [0.15, 0.2) is 9.84 Å². The lowest BCUT2D eigenvalue weighted by atomic mass is 9.92. The Morgan fingerprint density at radius 2 is 1.97 bits per heavy atom. The monoisotopic (exact) mass is 545 g/mol. The summed E-state index contributed by atoms with van der Waals surface area (Å²) in [4.78, 5) is 14.8. The summed E-state index contributed by atoms with van der Waals surface area (Å²) in [5.41, 5.74) is 5.14. The number of carbonyl (C=O) groups is 1. The van der Waals surface area contributed by atoms with E-state index in [9.17, 15) is 26.4 Å². The number of nitrogens with zero attached hydrogens (tertiary/aromatic N) is 1.